The first-order valence-corrected chi connectivity index (χ1v) is 6.15. The van der Waals surface area contributed by atoms with E-state index in [2.05, 4.69) is 0 Å². The van der Waals surface area contributed by atoms with Crippen LogP contribution in [0, 0.1) is 25.2 Å². The van der Waals surface area contributed by atoms with Gasteiger partial charge in [0.2, 0.25) is 0 Å². The Bertz CT molecular complexity index is 512. The number of nitriles is 1. The lowest BCUT2D eigenvalue weighted by atomic mass is 10.2. The van der Waals surface area contributed by atoms with Gasteiger partial charge >= 0.3 is 0 Å². The molecule has 1 aromatic rings. The summed E-state index contributed by atoms with van der Waals surface area (Å²) in [6, 6.07) is 6.98. The molecule has 0 heterocycles. The summed E-state index contributed by atoms with van der Waals surface area (Å²) in [4.78, 5) is 0.261. The second kappa shape index (κ2) is 4.03. The molecule has 0 bridgehead atoms. The summed E-state index contributed by atoms with van der Waals surface area (Å²) in [6.07, 6.45) is 0. The maximum Gasteiger partial charge on any atom is 0.194 e. The second-order valence-corrected chi connectivity index (χ2v) is 5.82. The highest BCUT2D eigenvalue weighted by Crippen LogP contribution is 2.21. The molecular weight excluding hydrogens is 210 g/mol. The van der Waals surface area contributed by atoms with Crippen LogP contribution in [0.25, 0.3) is 0 Å². The number of benzene rings is 1. The van der Waals surface area contributed by atoms with E-state index in [0.29, 0.717) is 5.56 Å². The van der Waals surface area contributed by atoms with Crippen molar-refractivity contribution in [3.05, 3.63) is 29.3 Å². The van der Waals surface area contributed by atoms with Crippen LogP contribution in [0.15, 0.2) is 23.1 Å². The first kappa shape index (κ1) is 11.7. The van der Waals surface area contributed by atoms with Gasteiger partial charge in [0.15, 0.2) is 9.84 Å². The van der Waals surface area contributed by atoms with Crippen molar-refractivity contribution in [1.29, 1.82) is 5.26 Å². The lowest BCUT2D eigenvalue weighted by Crippen LogP contribution is -2.17. The molecule has 0 saturated heterocycles. The smallest absolute Gasteiger partial charge is 0.194 e. The average Bonchev–Trinajstić information content (AvgIpc) is 2.20. The topological polar surface area (TPSA) is 57.9 Å². The molecule has 1 unspecified atom stereocenters. The molecule has 0 radical (unpaired) electrons. The van der Waals surface area contributed by atoms with Gasteiger partial charge in [0.25, 0.3) is 0 Å². The first-order valence-electron chi connectivity index (χ1n) is 4.60. The van der Waals surface area contributed by atoms with Crippen LogP contribution in [0.1, 0.15) is 18.1 Å². The van der Waals surface area contributed by atoms with Gasteiger partial charge in [-0.25, -0.2) is 8.42 Å². The van der Waals surface area contributed by atoms with Gasteiger partial charge in [-0.15, -0.1) is 0 Å². The predicted molar refractivity (Wildman–Crippen MR) is 58.2 cm³/mol. The zero-order valence-electron chi connectivity index (χ0n) is 8.98. The Morgan fingerprint density at radius 2 is 1.93 bits per heavy atom. The highest BCUT2D eigenvalue weighted by Gasteiger charge is 2.24. The lowest BCUT2D eigenvalue weighted by Gasteiger charge is -2.09. The summed E-state index contributed by atoms with van der Waals surface area (Å²) >= 11 is 0. The van der Waals surface area contributed by atoms with E-state index in [0.717, 1.165) is 5.56 Å². The molecule has 80 valence electrons. The number of hydrogen-bond acceptors (Lipinski definition) is 3. The highest BCUT2D eigenvalue weighted by atomic mass is 32.2. The molecule has 0 saturated carbocycles. The van der Waals surface area contributed by atoms with Crippen molar-refractivity contribution in [2.24, 2.45) is 0 Å². The van der Waals surface area contributed by atoms with Crippen molar-refractivity contribution >= 4 is 9.84 Å². The molecule has 15 heavy (non-hydrogen) atoms. The number of sulfone groups is 1. The van der Waals surface area contributed by atoms with Crippen LogP contribution in [0.4, 0.5) is 0 Å². The molecule has 3 nitrogen and oxygen atoms in total. The fraction of sp³-hybridized carbons (Fsp3) is 0.364. The second-order valence-electron chi connectivity index (χ2n) is 3.59. The number of hydrogen-bond donors (Lipinski definition) is 0. The Balaban J connectivity index is 3.41. The van der Waals surface area contributed by atoms with Crippen molar-refractivity contribution < 1.29 is 8.42 Å². The highest BCUT2D eigenvalue weighted by molar-refractivity contribution is 7.92. The van der Waals surface area contributed by atoms with E-state index in [1.165, 1.54) is 6.92 Å². The summed E-state index contributed by atoms with van der Waals surface area (Å²) in [5, 5.41) is 7.66. The number of nitrogens with zero attached hydrogens (tertiary/aromatic N) is 1. The number of rotatable bonds is 2. The fourth-order valence-corrected chi connectivity index (χ4v) is 2.66. The van der Waals surface area contributed by atoms with Crippen molar-refractivity contribution in [3.8, 4) is 6.07 Å². The van der Waals surface area contributed by atoms with E-state index in [9.17, 15) is 8.42 Å². The summed E-state index contributed by atoms with van der Waals surface area (Å²) < 4.78 is 23.8. The van der Waals surface area contributed by atoms with E-state index in [1.807, 2.05) is 13.0 Å². The van der Waals surface area contributed by atoms with E-state index < -0.39 is 15.1 Å². The minimum Gasteiger partial charge on any atom is -0.222 e. The SMILES string of the molecule is Cc1ccc(C)c(S(=O)(=O)C(C)C#N)c1. The van der Waals surface area contributed by atoms with Gasteiger partial charge in [-0.3, -0.25) is 0 Å². The van der Waals surface area contributed by atoms with Gasteiger partial charge in [0.1, 0.15) is 5.25 Å². The van der Waals surface area contributed by atoms with Crippen molar-refractivity contribution in [1.82, 2.24) is 0 Å². The molecular formula is C11H13NO2S. The van der Waals surface area contributed by atoms with Crippen LogP contribution in [0.5, 0.6) is 0 Å². The molecule has 0 aliphatic carbocycles. The monoisotopic (exact) mass is 223 g/mol. The summed E-state index contributed by atoms with van der Waals surface area (Å²) in [7, 11) is -3.50. The molecule has 4 heteroatoms. The Kier molecular flexibility index (Phi) is 3.15. The maximum absolute atomic E-state index is 11.9. The molecule has 1 atom stereocenters. The van der Waals surface area contributed by atoms with Gasteiger partial charge in [-0.05, 0) is 38.0 Å². The Morgan fingerprint density at radius 3 is 2.47 bits per heavy atom. The molecule has 0 fully saturated rings. The molecule has 0 aromatic heterocycles. The van der Waals surface area contributed by atoms with Crippen LogP contribution < -0.4 is 0 Å². The molecule has 0 spiro atoms. The standard InChI is InChI=1S/C11H13NO2S/c1-8-4-5-9(2)11(6-8)15(13,14)10(3)7-12/h4-6,10H,1-3H3. The predicted octanol–water partition coefficient (Wildman–Crippen LogP) is 1.99. The van der Waals surface area contributed by atoms with Crippen molar-refractivity contribution in [2.45, 2.75) is 30.9 Å². The molecule has 0 aliphatic rings. The largest absolute Gasteiger partial charge is 0.222 e. The maximum atomic E-state index is 11.9. The molecule has 0 amide bonds. The Labute approximate surface area is 90.3 Å². The van der Waals surface area contributed by atoms with Gasteiger partial charge in [-0.1, -0.05) is 12.1 Å². The minimum absolute atomic E-state index is 0.261. The molecule has 1 rings (SSSR count). The lowest BCUT2D eigenvalue weighted by molar-refractivity contribution is 0.591. The first-order chi connectivity index (χ1) is 6.89. The van der Waals surface area contributed by atoms with Crippen LogP contribution in [-0.4, -0.2) is 13.7 Å². The molecule has 1 aromatic carbocycles. The average molecular weight is 223 g/mol. The van der Waals surface area contributed by atoms with E-state index in [-0.39, 0.29) is 4.90 Å². The summed E-state index contributed by atoms with van der Waals surface area (Å²) in [6.45, 7) is 4.96. The van der Waals surface area contributed by atoms with E-state index >= 15 is 0 Å². The van der Waals surface area contributed by atoms with Gasteiger partial charge in [0, 0.05) is 0 Å². The third kappa shape index (κ3) is 2.18. The van der Waals surface area contributed by atoms with Crippen LogP contribution in [0.2, 0.25) is 0 Å². The number of aryl methyl sites for hydroxylation is 2. The Morgan fingerprint density at radius 1 is 1.33 bits per heavy atom. The summed E-state index contributed by atoms with van der Waals surface area (Å²) in [5.74, 6) is 0. The van der Waals surface area contributed by atoms with Gasteiger partial charge < -0.3 is 0 Å². The van der Waals surface area contributed by atoms with Gasteiger partial charge in [0.05, 0.1) is 11.0 Å². The Hall–Kier alpha value is -1.34. The van der Waals surface area contributed by atoms with E-state index in [4.69, 9.17) is 5.26 Å². The van der Waals surface area contributed by atoms with Crippen molar-refractivity contribution in [3.63, 3.8) is 0 Å². The third-order valence-corrected chi connectivity index (χ3v) is 4.39. The summed E-state index contributed by atoms with van der Waals surface area (Å²) in [5.41, 5.74) is 1.56. The normalized spacial score (nSPS) is 13.2. The van der Waals surface area contributed by atoms with Crippen LogP contribution in [-0.2, 0) is 9.84 Å². The van der Waals surface area contributed by atoms with Gasteiger partial charge in [-0.2, -0.15) is 5.26 Å². The van der Waals surface area contributed by atoms with Crippen LogP contribution in [0.3, 0.4) is 0 Å². The third-order valence-electron chi connectivity index (χ3n) is 2.30. The fourth-order valence-electron chi connectivity index (χ4n) is 1.27. The minimum atomic E-state index is -3.50. The van der Waals surface area contributed by atoms with Crippen LogP contribution >= 0.6 is 0 Å². The zero-order chi connectivity index (χ0) is 11.6. The quantitative estimate of drug-likeness (QED) is 0.770. The van der Waals surface area contributed by atoms with Crippen molar-refractivity contribution in [2.75, 3.05) is 0 Å². The van der Waals surface area contributed by atoms with E-state index in [1.54, 1.807) is 25.1 Å². The molecule has 0 N–H and O–H groups in total. The zero-order valence-corrected chi connectivity index (χ0v) is 9.80. The molecule has 0 aliphatic heterocycles.